The number of rotatable bonds is 3. The molecule has 1 aromatic carbocycles. The molecule has 3 atom stereocenters. The number of carboxylic acid groups (broad SMARTS) is 1. The second-order valence-corrected chi connectivity index (χ2v) is 11.0. The zero-order valence-corrected chi connectivity index (χ0v) is 20.5. The Morgan fingerprint density at radius 3 is 2.63 bits per heavy atom. The third kappa shape index (κ3) is 3.87. The van der Waals surface area contributed by atoms with Crippen molar-refractivity contribution >= 4 is 44.9 Å². The van der Waals surface area contributed by atoms with E-state index < -0.39 is 6.09 Å². The van der Waals surface area contributed by atoms with Crippen molar-refractivity contribution in [3.8, 4) is 0 Å². The van der Waals surface area contributed by atoms with Crippen LogP contribution in [0.5, 0.6) is 0 Å². The number of nitrogens with zero attached hydrogens (tertiary/aromatic N) is 3. The molecule has 2 aromatic heterocycles. The number of nitrogens with two attached hydrogens (primary N) is 1. The first kappa shape index (κ1) is 22.2. The van der Waals surface area contributed by atoms with E-state index in [1.807, 2.05) is 19.1 Å². The molecule has 182 valence electrons. The Morgan fingerprint density at radius 2 is 1.89 bits per heavy atom. The lowest BCUT2D eigenvalue weighted by molar-refractivity contribution is 0.0938. The lowest BCUT2D eigenvalue weighted by atomic mass is 9.87. The minimum atomic E-state index is -0.792. The fourth-order valence-electron chi connectivity index (χ4n) is 6.00. The first-order valence-corrected chi connectivity index (χ1v) is 13.0. The van der Waals surface area contributed by atoms with E-state index in [0.717, 1.165) is 61.1 Å². The minimum Gasteiger partial charge on any atom is -0.465 e. The Hall–Kier alpha value is -3.33. The third-order valence-corrected chi connectivity index (χ3v) is 8.87. The van der Waals surface area contributed by atoms with Crippen molar-refractivity contribution in [3.05, 3.63) is 52.0 Å². The number of carbonyl (C=O) groups is 2. The van der Waals surface area contributed by atoms with Crippen molar-refractivity contribution in [2.75, 3.05) is 23.7 Å². The van der Waals surface area contributed by atoms with Crippen molar-refractivity contribution in [3.63, 3.8) is 0 Å². The van der Waals surface area contributed by atoms with Crippen LogP contribution >= 0.6 is 11.3 Å². The van der Waals surface area contributed by atoms with Gasteiger partial charge in [0.1, 0.15) is 9.71 Å². The number of amides is 2. The molecule has 2 fully saturated rings. The van der Waals surface area contributed by atoms with E-state index >= 15 is 0 Å². The van der Waals surface area contributed by atoms with Gasteiger partial charge in [-0.05, 0) is 74.4 Å². The summed E-state index contributed by atoms with van der Waals surface area (Å²) in [6.45, 7) is 3.44. The summed E-state index contributed by atoms with van der Waals surface area (Å²) in [4.78, 5) is 34.5. The van der Waals surface area contributed by atoms with E-state index in [1.54, 1.807) is 4.90 Å². The zero-order chi connectivity index (χ0) is 24.3. The summed E-state index contributed by atoms with van der Waals surface area (Å²) in [6.07, 6.45) is 3.67. The molecule has 9 heteroatoms. The van der Waals surface area contributed by atoms with Crippen molar-refractivity contribution < 1.29 is 14.7 Å². The number of hydrogen-bond acceptors (Lipinski definition) is 6. The van der Waals surface area contributed by atoms with Gasteiger partial charge in [-0.3, -0.25) is 9.69 Å². The van der Waals surface area contributed by atoms with E-state index in [2.05, 4.69) is 33.4 Å². The number of piperazine rings is 1. The quantitative estimate of drug-likeness (QED) is 0.514. The predicted octanol–water partition coefficient (Wildman–Crippen LogP) is 3.81. The van der Waals surface area contributed by atoms with Gasteiger partial charge < -0.3 is 21.1 Å². The van der Waals surface area contributed by atoms with E-state index in [0.29, 0.717) is 10.6 Å². The number of aryl methyl sites for hydroxylation is 2. The van der Waals surface area contributed by atoms with Gasteiger partial charge in [0.15, 0.2) is 0 Å². The molecule has 6 rings (SSSR count). The summed E-state index contributed by atoms with van der Waals surface area (Å²) in [5.74, 6) is -0.125. The highest BCUT2D eigenvalue weighted by Crippen LogP contribution is 2.35. The van der Waals surface area contributed by atoms with E-state index in [-0.39, 0.29) is 24.0 Å². The maximum Gasteiger partial charge on any atom is 0.407 e. The molecule has 2 bridgehead atoms. The Balaban J connectivity index is 1.14. The summed E-state index contributed by atoms with van der Waals surface area (Å²) >= 11 is 1.35. The Morgan fingerprint density at radius 1 is 1.11 bits per heavy atom. The predicted molar refractivity (Wildman–Crippen MR) is 137 cm³/mol. The Kier molecular flexibility index (Phi) is 5.32. The van der Waals surface area contributed by atoms with Crippen LogP contribution in [-0.4, -0.2) is 58.2 Å². The standard InChI is InChI=1S/C26H29N5O3S/c1-14-2-9-21-22(27)23(35-25(21)28-14)24(32)29-17-5-3-16-11-18(6-4-15(16)10-17)30-12-19-7-8-20(13-30)31(19)26(33)34/h2,4,6,9,11,17,19-20H,3,5,7-8,10,12-13,27H2,1H3,(H,29,32)(H,33,34)/t17-,19?,20?/m0/s1. The largest absolute Gasteiger partial charge is 0.465 e. The second kappa shape index (κ2) is 8.41. The number of carbonyl (C=O) groups excluding carboxylic acids is 1. The first-order chi connectivity index (χ1) is 16.9. The number of pyridine rings is 1. The molecule has 8 nitrogen and oxygen atoms in total. The fourth-order valence-corrected chi connectivity index (χ4v) is 7.04. The van der Waals surface area contributed by atoms with E-state index in [1.165, 1.54) is 28.2 Å². The maximum atomic E-state index is 13.0. The van der Waals surface area contributed by atoms with Crippen LogP contribution in [0.2, 0.25) is 0 Å². The molecule has 0 radical (unpaired) electrons. The van der Waals surface area contributed by atoms with Crippen molar-refractivity contribution in [1.82, 2.24) is 15.2 Å². The highest BCUT2D eigenvalue weighted by atomic mass is 32.1. The lowest BCUT2D eigenvalue weighted by Crippen LogP contribution is -2.55. The number of benzene rings is 1. The monoisotopic (exact) mass is 491 g/mol. The molecule has 4 heterocycles. The fraction of sp³-hybridized carbons (Fsp3) is 0.423. The lowest BCUT2D eigenvalue weighted by Gasteiger charge is -2.41. The van der Waals surface area contributed by atoms with Crippen molar-refractivity contribution in [2.45, 2.75) is 57.2 Å². The van der Waals surface area contributed by atoms with Gasteiger partial charge in [0.05, 0.1) is 17.8 Å². The number of thiophene rings is 1. The van der Waals surface area contributed by atoms with Gasteiger partial charge in [0.2, 0.25) is 0 Å². The average Bonchev–Trinajstić information content (AvgIpc) is 3.31. The van der Waals surface area contributed by atoms with Gasteiger partial charge >= 0.3 is 6.09 Å². The number of nitrogens with one attached hydrogen (secondary N) is 1. The molecule has 0 saturated carbocycles. The number of anilines is 2. The number of hydrogen-bond donors (Lipinski definition) is 3. The van der Waals surface area contributed by atoms with Crippen molar-refractivity contribution in [2.24, 2.45) is 0 Å². The summed E-state index contributed by atoms with van der Waals surface area (Å²) in [5, 5.41) is 13.6. The molecule has 2 unspecified atom stereocenters. The molecule has 3 aliphatic rings. The van der Waals surface area contributed by atoms with Crippen LogP contribution in [0.3, 0.4) is 0 Å². The molecule has 3 aromatic rings. The Labute approximate surface area is 207 Å². The number of nitrogen functional groups attached to an aromatic ring is 1. The molecule has 0 spiro atoms. The van der Waals surface area contributed by atoms with Crippen LogP contribution in [0.15, 0.2) is 30.3 Å². The van der Waals surface area contributed by atoms with Gasteiger partial charge in [-0.15, -0.1) is 11.3 Å². The minimum absolute atomic E-state index is 0.0649. The highest BCUT2D eigenvalue weighted by Gasteiger charge is 2.42. The van der Waals surface area contributed by atoms with Gasteiger partial charge in [-0.25, -0.2) is 9.78 Å². The molecule has 4 N–H and O–H groups in total. The molecule has 35 heavy (non-hydrogen) atoms. The summed E-state index contributed by atoms with van der Waals surface area (Å²) in [7, 11) is 0. The average molecular weight is 492 g/mol. The van der Waals surface area contributed by atoms with Crippen LogP contribution < -0.4 is 16.0 Å². The van der Waals surface area contributed by atoms with E-state index in [4.69, 9.17) is 5.73 Å². The van der Waals surface area contributed by atoms with Crippen molar-refractivity contribution in [1.29, 1.82) is 0 Å². The number of aromatic nitrogens is 1. The third-order valence-electron chi connectivity index (χ3n) is 7.76. The van der Waals surface area contributed by atoms with Crippen LogP contribution in [-0.2, 0) is 12.8 Å². The summed E-state index contributed by atoms with van der Waals surface area (Å²) in [5.41, 5.74) is 11.5. The zero-order valence-electron chi connectivity index (χ0n) is 19.7. The van der Waals surface area contributed by atoms with Crippen LogP contribution in [0.4, 0.5) is 16.2 Å². The second-order valence-electron chi connectivity index (χ2n) is 10.00. The highest BCUT2D eigenvalue weighted by molar-refractivity contribution is 7.21. The molecule has 2 saturated heterocycles. The smallest absolute Gasteiger partial charge is 0.407 e. The molecule has 2 amide bonds. The summed E-state index contributed by atoms with van der Waals surface area (Å²) < 4.78 is 0. The van der Waals surface area contributed by atoms with Gasteiger partial charge in [-0.1, -0.05) is 6.07 Å². The topological polar surface area (TPSA) is 112 Å². The molecular weight excluding hydrogens is 462 g/mol. The van der Waals surface area contributed by atoms with E-state index in [9.17, 15) is 14.7 Å². The normalized spacial score (nSPS) is 23.4. The van der Waals surface area contributed by atoms with Crippen LogP contribution in [0.1, 0.15) is 45.8 Å². The molecular formula is C26H29N5O3S. The Bertz CT molecular complexity index is 1320. The SMILES string of the molecule is Cc1ccc2c(N)c(C(=O)N[C@H]3CCc4cc(N5CC6CCC(C5)N6C(=O)O)ccc4C3)sc2n1. The first-order valence-electron chi connectivity index (χ1n) is 12.2. The summed E-state index contributed by atoms with van der Waals surface area (Å²) in [6, 6.07) is 10.7. The molecule has 2 aliphatic heterocycles. The maximum absolute atomic E-state index is 13.0. The molecule has 1 aliphatic carbocycles. The van der Waals surface area contributed by atoms with Crippen LogP contribution in [0.25, 0.3) is 10.2 Å². The van der Waals surface area contributed by atoms with Gasteiger partial charge in [-0.2, -0.15) is 0 Å². The van der Waals surface area contributed by atoms with Gasteiger partial charge in [0, 0.05) is 35.9 Å². The number of fused-ring (bicyclic) bond motifs is 4. The van der Waals surface area contributed by atoms with Crippen LogP contribution in [0, 0.1) is 6.92 Å². The van der Waals surface area contributed by atoms with Gasteiger partial charge in [0.25, 0.3) is 5.91 Å².